The van der Waals surface area contributed by atoms with Gasteiger partial charge in [-0.1, -0.05) is 147 Å². The van der Waals surface area contributed by atoms with E-state index in [-0.39, 0.29) is 5.91 Å². The van der Waals surface area contributed by atoms with Crippen molar-refractivity contribution in [3.05, 3.63) is 24.3 Å². The van der Waals surface area contributed by atoms with Crippen molar-refractivity contribution < 1.29 is 28.8 Å². The summed E-state index contributed by atoms with van der Waals surface area (Å²) >= 11 is 0. The summed E-state index contributed by atoms with van der Waals surface area (Å²) in [6, 6.07) is -0.910. The molecule has 0 aromatic rings. The summed E-state index contributed by atoms with van der Waals surface area (Å²) in [7, 11) is -4.71. The van der Waals surface area contributed by atoms with E-state index in [4.69, 9.17) is 9.79 Å². The number of hydrogen-bond donors (Lipinski definition) is 4. The number of phosphoric ester groups is 1. The van der Waals surface area contributed by atoms with E-state index in [1.807, 2.05) is 6.08 Å². The molecular formula is C35H68NO6P. The highest BCUT2D eigenvalue weighted by Gasteiger charge is 2.24. The van der Waals surface area contributed by atoms with Gasteiger partial charge in [0.1, 0.15) is 0 Å². The smallest absolute Gasteiger partial charge is 0.387 e. The lowest BCUT2D eigenvalue weighted by Gasteiger charge is -2.22. The average Bonchev–Trinajstić information content (AvgIpc) is 2.97. The van der Waals surface area contributed by atoms with Crippen LogP contribution < -0.4 is 5.32 Å². The minimum atomic E-state index is -4.71. The first-order valence-electron chi connectivity index (χ1n) is 17.8. The quantitative estimate of drug-likeness (QED) is 0.0334. The van der Waals surface area contributed by atoms with Gasteiger partial charge in [0.15, 0.2) is 0 Å². The zero-order valence-electron chi connectivity index (χ0n) is 27.9. The minimum Gasteiger partial charge on any atom is -0.387 e. The van der Waals surface area contributed by atoms with Crippen LogP contribution in [0.25, 0.3) is 0 Å². The first-order chi connectivity index (χ1) is 20.8. The molecule has 0 spiro atoms. The van der Waals surface area contributed by atoms with Crippen LogP contribution in [0, 0.1) is 0 Å². The molecule has 4 N–H and O–H groups in total. The molecule has 2 atom stereocenters. The fourth-order valence-electron chi connectivity index (χ4n) is 5.16. The molecule has 0 radical (unpaired) electrons. The monoisotopic (exact) mass is 629 g/mol. The summed E-state index contributed by atoms with van der Waals surface area (Å²) in [4.78, 5) is 30.7. The number of amides is 1. The molecule has 254 valence electrons. The molecule has 0 aliphatic heterocycles. The molecule has 0 rings (SSSR count). The van der Waals surface area contributed by atoms with E-state index in [1.54, 1.807) is 6.08 Å². The molecule has 0 fully saturated rings. The maximum Gasteiger partial charge on any atom is 0.469 e. The molecule has 0 saturated heterocycles. The summed E-state index contributed by atoms with van der Waals surface area (Å²) < 4.78 is 15.8. The number of unbranched alkanes of at least 4 members (excludes halogenated alkanes) is 21. The highest BCUT2D eigenvalue weighted by Crippen LogP contribution is 2.35. The van der Waals surface area contributed by atoms with Gasteiger partial charge in [-0.25, -0.2) is 4.57 Å². The zero-order chi connectivity index (χ0) is 31.9. The molecule has 0 saturated carbocycles. The van der Waals surface area contributed by atoms with Gasteiger partial charge in [0.25, 0.3) is 0 Å². The second-order valence-corrected chi connectivity index (χ2v) is 13.4. The van der Waals surface area contributed by atoms with Crippen LogP contribution in [-0.2, 0) is 13.9 Å². The highest BCUT2D eigenvalue weighted by molar-refractivity contribution is 7.46. The number of nitrogens with one attached hydrogen (secondary N) is 1. The van der Waals surface area contributed by atoms with Crippen LogP contribution >= 0.6 is 7.82 Å². The van der Waals surface area contributed by atoms with Crippen LogP contribution in [0.4, 0.5) is 0 Å². The van der Waals surface area contributed by atoms with Crippen LogP contribution in [0.2, 0.25) is 0 Å². The van der Waals surface area contributed by atoms with Crippen molar-refractivity contribution in [2.24, 2.45) is 0 Å². The van der Waals surface area contributed by atoms with E-state index >= 15 is 0 Å². The van der Waals surface area contributed by atoms with E-state index in [2.05, 4.69) is 35.8 Å². The molecule has 0 heterocycles. The third kappa shape index (κ3) is 32.2. The van der Waals surface area contributed by atoms with E-state index < -0.39 is 26.6 Å². The zero-order valence-corrected chi connectivity index (χ0v) is 28.8. The molecule has 0 aromatic heterocycles. The second kappa shape index (κ2) is 31.0. The van der Waals surface area contributed by atoms with Crippen LogP contribution in [0.1, 0.15) is 174 Å². The largest absolute Gasteiger partial charge is 0.469 e. The Bertz CT molecular complexity index is 723. The van der Waals surface area contributed by atoms with Crippen LogP contribution in [0.5, 0.6) is 0 Å². The molecule has 0 aliphatic rings. The molecule has 1 amide bonds. The SMILES string of the molecule is CCCCCCCC/C=C/CCCCCCCC(=O)N[C@@H](COP(=O)(O)O)[C@H](O)/C=C/CCCCCCCCCCCC. The summed E-state index contributed by atoms with van der Waals surface area (Å²) in [5.74, 6) is -0.237. The maximum atomic E-state index is 12.5. The van der Waals surface area contributed by atoms with Crippen molar-refractivity contribution in [1.82, 2.24) is 5.32 Å². The highest BCUT2D eigenvalue weighted by atomic mass is 31.2. The van der Waals surface area contributed by atoms with Crippen molar-refractivity contribution in [3.63, 3.8) is 0 Å². The molecule has 0 unspecified atom stereocenters. The van der Waals surface area contributed by atoms with Crippen molar-refractivity contribution >= 4 is 13.7 Å². The topological polar surface area (TPSA) is 116 Å². The number of aliphatic hydroxyl groups is 1. The molecule has 43 heavy (non-hydrogen) atoms. The average molecular weight is 630 g/mol. The Labute approximate surface area is 265 Å². The van der Waals surface area contributed by atoms with Gasteiger partial charge in [0, 0.05) is 6.42 Å². The summed E-state index contributed by atoms with van der Waals surface area (Å²) in [6.07, 6.45) is 36.2. The van der Waals surface area contributed by atoms with Crippen molar-refractivity contribution in [3.8, 4) is 0 Å². The Balaban J connectivity index is 4.09. The first kappa shape index (κ1) is 42.0. The number of rotatable bonds is 32. The van der Waals surface area contributed by atoms with Crippen LogP contribution in [0.3, 0.4) is 0 Å². The lowest BCUT2D eigenvalue weighted by Crippen LogP contribution is -2.45. The molecule has 0 aromatic carbocycles. The number of phosphoric acid groups is 1. The van der Waals surface area contributed by atoms with Crippen molar-refractivity contribution in [2.45, 2.75) is 187 Å². The Kier molecular flexibility index (Phi) is 30.3. The first-order valence-corrected chi connectivity index (χ1v) is 19.3. The van der Waals surface area contributed by atoms with Crippen molar-refractivity contribution in [2.75, 3.05) is 6.61 Å². The number of carbonyl (C=O) groups is 1. The summed E-state index contributed by atoms with van der Waals surface area (Å²) in [6.45, 7) is 4.03. The Morgan fingerprint density at radius 3 is 1.49 bits per heavy atom. The van der Waals surface area contributed by atoms with Gasteiger partial charge in [-0.3, -0.25) is 9.32 Å². The number of hydrogen-bond acceptors (Lipinski definition) is 4. The summed E-state index contributed by atoms with van der Waals surface area (Å²) in [5, 5.41) is 13.3. The Morgan fingerprint density at radius 1 is 0.651 bits per heavy atom. The van der Waals surface area contributed by atoms with Gasteiger partial charge in [-0.05, 0) is 44.9 Å². The van der Waals surface area contributed by atoms with Crippen molar-refractivity contribution in [1.29, 1.82) is 0 Å². The molecule has 0 bridgehead atoms. The third-order valence-electron chi connectivity index (χ3n) is 7.90. The Morgan fingerprint density at radius 2 is 1.05 bits per heavy atom. The lowest BCUT2D eigenvalue weighted by atomic mass is 10.1. The molecular weight excluding hydrogens is 561 g/mol. The minimum absolute atomic E-state index is 0.237. The maximum absolute atomic E-state index is 12.5. The van der Waals surface area contributed by atoms with E-state index in [0.717, 1.165) is 51.4 Å². The molecule has 0 aliphatic carbocycles. The lowest BCUT2D eigenvalue weighted by molar-refractivity contribution is -0.123. The molecule has 7 nitrogen and oxygen atoms in total. The van der Waals surface area contributed by atoms with E-state index in [1.165, 1.54) is 103 Å². The number of carbonyl (C=O) groups excluding carboxylic acids is 1. The van der Waals surface area contributed by atoms with Gasteiger partial charge in [-0.2, -0.15) is 0 Å². The number of allylic oxidation sites excluding steroid dienone is 3. The Hall–Kier alpha value is -0.980. The predicted molar refractivity (Wildman–Crippen MR) is 181 cm³/mol. The summed E-state index contributed by atoms with van der Waals surface area (Å²) in [5.41, 5.74) is 0. The van der Waals surface area contributed by atoms with Gasteiger partial charge in [0.2, 0.25) is 5.91 Å². The van der Waals surface area contributed by atoms with E-state index in [0.29, 0.717) is 6.42 Å². The fraction of sp³-hybridized carbons (Fsp3) is 0.857. The van der Waals surface area contributed by atoms with E-state index in [9.17, 15) is 14.5 Å². The number of aliphatic hydroxyl groups excluding tert-OH is 1. The predicted octanol–water partition coefficient (Wildman–Crippen LogP) is 9.85. The normalized spacial score (nSPS) is 13.7. The fourth-order valence-corrected chi connectivity index (χ4v) is 5.51. The standard InChI is InChI=1S/C35H68NO6P/c1-3-5-7-9-11-13-15-17-18-19-21-23-25-27-29-31-35(38)36-33(32-42-43(39,40)41)34(37)30-28-26-24-22-20-16-14-12-10-8-6-4-2/h17-18,28,30,33-34,37H,3-16,19-27,29,31-32H2,1-2H3,(H,36,38)(H2,39,40,41)/b18-17+,30-28+/t33-,34+/m0/s1. The van der Waals surface area contributed by atoms with Crippen LogP contribution in [0.15, 0.2) is 24.3 Å². The third-order valence-corrected chi connectivity index (χ3v) is 8.39. The van der Waals surface area contributed by atoms with Gasteiger partial charge >= 0.3 is 7.82 Å². The van der Waals surface area contributed by atoms with Crippen LogP contribution in [-0.4, -0.2) is 39.6 Å². The molecule has 8 heteroatoms. The van der Waals surface area contributed by atoms with Gasteiger partial charge in [-0.15, -0.1) is 0 Å². The second-order valence-electron chi connectivity index (χ2n) is 12.2. The van der Waals surface area contributed by atoms with Gasteiger partial charge in [0.05, 0.1) is 18.8 Å². The van der Waals surface area contributed by atoms with Gasteiger partial charge < -0.3 is 20.2 Å².